The molecule has 0 saturated heterocycles. The molecule has 128 valence electrons. The van der Waals surface area contributed by atoms with Crippen molar-refractivity contribution >= 4 is 23.5 Å². The molecular formula is C22H27ClO. The Balaban J connectivity index is 2.10. The molecule has 2 rings (SSSR count). The van der Waals surface area contributed by atoms with E-state index >= 15 is 0 Å². The van der Waals surface area contributed by atoms with Crippen molar-refractivity contribution in [3.63, 3.8) is 0 Å². The second-order valence-electron chi connectivity index (χ2n) is 7.83. The molecule has 1 aliphatic rings. The first kappa shape index (κ1) is 18.8. The molecule has 1 fully saturated rings. The van der Waals surface area contributed by atoms with Crippen LogP contribution in [0.25, 0.3) is 6.08 Å². The van der Waals surface area contributed by atoms with Crippen molar-refractivity contribution in [2.75, 3.05) is 0 Å². The number of allylic oxidation sites excluding steroid dienone is 1. The topological polar surface area (TPSA) is 17.1 Å². The third-order valence-electron chi connectivity index (χ3n) is 5.15. The summed E-state index contributed by atoms with van der Waals surface area (Å²) in [5.74, 6) is 5.80. The maximum atomic E-state index is 11.1. The van der Waals surface area contributed by atoms with Gasteiger partial charge in [-0.2, -0.15) is 0 Å². The molecule has 0 spiro atoms. The normalized spacial score (nSPS) is 18.8. The Kier molecular flexibility index (Phi) is 6.30. The van der Waals surface area contributed by atoms with Gasteiger partial charge in [0, 0.05) is 18.4 Å². The highest BCUT2D eigenvalue weighted by molar-refractivity contribution is 6.32. The Hall–Kier alpha value is -1.52. The van der Waals surface area contributed by atoms with Crippen LogP contribution in [0, 0.1) is 22.7 Å². The zero-order chi connectivity index (χ0) is 17.6. The van der Waals surface area contributed by atoms with E-state index in [-0.39, 0.29) is 11.2 Å². The summed E-state index contributed by atoms with van der Waals surface area (Å²) in [6, 6.07) is 7.90. The van der Waals surface area contributed by atoms with Crippen molar-refractivity contribution in [3.8, 4) is 11.8 Å². The molecule has 0 atom stereocenters. The highest BCUT2D eigenvalue weighted by atomic mass is 35.5. The quantitative estimate of drug-likeness (QED) is 0.462. The second-order valence-corrected chi connectivity index (χ2v) is 8.23. The van der Waals surface area contributed by atoms with Gasteiger partial charge in [-0.15, -0.1) is 0 Å². The fourth-order valence-corrected chi connectivity index (χ4v) is 3.51. The largest absolute Gasteiger partial charge is 0.285 e. The molecule has 0 amide bonds. The zero-order valence-corrected chi connectivity index (χ0v) is 15.7. The standard InChI is InChI=1S/C22H27ClO/c1-18(24)8-6-12-22(16-14-21(2,3)15-17-22)13-7-10-19-9-4-5-11-20(19)23/h4-5,7,9-11H,12-17H2,1-3H3. The molecule has 0 radical (unpaired) electrons. The Morgan fingerprint density at radius 1 is 1.21 bits per heavy atom. The Morgan fingerprint density at radius 3 is 2.50 bits per heavy atom. The minimum atomic E-state index is -0.0482. The van der Waals surface area contributed by atoms with Crippen LogP contribution in [0.3, 0.4) is 0 Å². The van der Waals surface area contributed by atoms with Gasteiger partial charge in [0.15, 0.2) is 0 Å². The number of ketones is 1. The van der Waals surface area contributed by atoms with E-state index in [1.807, 2.05) is 24.3 Å². The van der Waals surface area contributed by atoms with Crippen LogP contribution in [0.1, 0.15) is 64.9 Å². The van der Waals surface area contributed by atoms with E-state index < -0.39 is 0 Å². The van der Waals surface area contributed by atoms with E-state index in [2.05, 4.69) is 37.8 Å². The lowest BCUT2D eigenvalue weighted by molar-refractivity contribution is -0.111. The highest BCUT2D eigenvalue weighted by Gasteiger charge is 2.36. The van der Waals surface area contributed by atoms with Gasteiger partial charge in [0.1, 0.15) is 0 Å². The summed E-state index contributed by atoms with van der Waals surface area (Å²) in [5, 5.41) is 0.781. The minimum absolute atomic E-state index is 0.0482. The van der Waals surface area contributed by atoms with Gasteiger partial charge in [0.05, 0.1) is 0 Å². The molecule has 1 saturated carbocycles. The van der Waals surface area contributed by atoms with Gasteiger partial charge in [-0.05, 0) is 60.5 Å². The van der Waals surface area contributed by atoms with Crippen LogP contribution in [-0.4, -0.2) is 5.78 Å². The van der Waals surface area contributed by atoms with Crippen molar-refractivity contribution in [1.82, 2.24) is 0 Å². The number of carbonyl (C=O) groups is 1. The number of Topliss-reactive ketones (excluding diaryl/α,β-unsaturated/α-hetero) is 1. The zero-order valence-electron chi connectivity index (χ0n) is 15.0. The SMILES string of the molecule is CC(=O)C#CCC1(CC=Cc2ccccc2Cl)CCC(C)(C)CC1. The van der Waals surface area contributed by atoms with Gasteiger partial charge in [-0.25, -0.2) is 0 Å². The number of benzene rings is 1. The van der Waals surface area contributed by atoms with Gasteiger partial charge in [0.2, 0.25) is 5.78 Å². The van der Waals surface area contributed by atoms with E-state index in [1.54, 1.807) is 0 Å². The van der Waals surface area contributed by atoms with Gasteiger partial charge < -0.3 is 0 Å². The predicted molar refractivity (Wildman–Crippen MR) is 103 cm³/mol. The minimum Gasteiger partial charge on any atom is -0.285 e. The number of rotatable bonds is 4. The lowest BCUT2D eigenvalue weighted by atomic mass is 9.62. The molecule has 0 unspecified atom stereocenters. The highest BCUT2D eigenvalue weighted by Crippen LogP contribution is 2.49. The van der Waals surface area contributed by atoms with Crippen molar-refractivity contribution in [2.45, 2.75) is 59.3 Å². The van der Waals surface area contributed by atoms with Gasteiger partial charge in [-0.3, -0.25) is 4.79 Å². The Labute approximate surface area is 151 Å². The van der Waals surface area contributed by atoms with E-state index in [0.29, 0.717) is 5.41 Å². The maximum Gasteiger partial charge on any atom is 0.202 e. The molecule has 24 heavy (non-hydrogen) atoms. The number of hydrogen-bond donors (Lipinski definition) is 0. The first-order valence-electron chi connectivity index (χ1n) is 8.73. The maximum absolute atomic E-state index is 11.1. The van der Waals surface area contributed by atoms with Crippen LogP contribution < -0.4 is 0 Å². The molecule has 1 nitrogen and oxygen atoms in total. The van der Waals surface area contributed by atoms with Crippen molar-refractivity contribution in [2.24, 2.45) is 10.8 Å². The predicted octanol–water partition coefficient (Wildman–Crippen LogP) is 6.31. The molecule has 0 aromatic heterocycles. The molecule has 2 heteroatoms. The van der Waals surface area contributed by atoms with E-state index in [0.717, 1.165) is 23.4 Å². The van der Waals surface area contributed by atoms with E-state index in [4.69, 9.17) is 11.6 Å². The summed E-state index contributed by atoms with van der Waals surface area (Å²) in [7, 11) is 0. The molecule has 0 N–H and O–H groups in total. The Morgan fingerprint density at radius 2 is 1.88 bits per heavy atom. The first-order valence-corrected chi connectivity index (χ1v) is 9.10. The summed E-state index contributed by atoms with van der Waals surface area (Å²) < 4.78 is 0. The summed E-state index contributed by atoms with van der Waals surface area (Å²) in [5.41, 5.74) is 1.67. The molecule has 0 bridgehead atoms. The average Bonchev–Trinajstić information content (AvgIpc) is 2.52. The monoisotopic (exact) mass is 342 g/mol. The van der Waals surface area contributed by atoms with Gasteiger partial charge >= 0.3 is 0 Å². The fourth-order valence-electron chi connectivity index (χ4n) is 3.31. The molecular weight excluding hydrogens is 316 g/mol. The number of hydrogen-bond acceptors (Lipinski definition) is 1. The van der Waals surface area contributed by atoms with Crippen LogP contribution in [0.4, 0.5) is 0 Å². The molecule has 1 aromatic rings. The van der Waals surface area contributed by atoms with Gasteiger partial charge in [-0.1, -0.05) is 61.7 Å². The Bertz CT molecular complexity index is 663. The third-order valence-corrected chi connectivity index (χ3v) is 5.49. The summed E-state index contributed by atoms with van der Waals surface area (Å²) in [4.78, 5) is 11.1. The molecule has 0 aliphatic heterocycles. The number of carbonyl (C=O) groups excluding carboxylic acids is 1. The summed E-state index contributed by atoms with van der Waals surface area (Å²) in [6.45, 7) is 6.22. The van der Waals surface area contributed by atoms with Crippen LogP contribution in [-0.2, 0) is 4.79 Å². The third kappa shape index (κ3) is 5.53. The van der Waals surface area contributed by atoms with Crippen molar-refractivity contribution in [3.05, 3.63) is 40.9 Å². The van der Waals surface area contributed by atoms with Crippen molar-refractivity contribution in [1.29, 1.82) is 0 Å². The van der Waals surface area contributed by atoms with Crippen LogP contribution in [0.2, 0.25) is 5.02 Å². The second kappa shape index (κ2) is 8.04. The molecule has 0 heterocycles. The molecule has 1 aromatic carbocycles. The average molecular weight is 343 g/mol. The molecule has 1 aliphatic carbocycles. The van der Waals surface area contributed by atoms with E-state index in [9.17, 15) is 4.79 Å². The summed E-state index contributed by atoms with van der Waals surface area (Å²) >= 11 is 6.23. The van der Waals surface area contributed by atoms with Crippen LogP contribution in [0.5, 0.6) is 0 Å². The summed E-state index contributed by atoms with van der Waals surface area (Å²) in [6.07, 6.45) is 10.9. The lowest BCUT2D eigenvalue weighted by Gasteiger charge is -2.42. The smallest absolute Gasteiger partial charge is 0.202 e. The van der Waals surface area contributed by atoms with Crippen molar-refractivity contribution < 1.29 is 4.79 Å². The lowest BCUT2D eigenvalue weighted by Crippen LogP contribution is -2.30. The van der Waals surface area contributed by atoms with Gasteiger partial charge in [0.25, 0.3) is 0 Å². The fraction of sp³-hybridized carbons (Fsp3) is 0.500. The van der Waals surface area contributed by atoms with Crippen LogP contribution >= 0.6 is 11.6 Å². The first-order chi connectivity index (χ1) is 11.3. The van der Waals surface area contributed by atoms with Crippen LogP contribution in [0.15, 0.2) is 30.3 Å². The van der Waals surface area contributed by atoms with E-state index in [1.165, 1.54) is 32.6 Å². The number of halogens is 1.